The van der Waals surface area contributed by atoms with Crippen LogP contribution >= 0.6 is 11.3 Å². The molecule has 0 radical (unpaired) electrons. The van der Waals surface area contributed by atoms with E-state index in [4.69, 9.17) is 5.73 Å². The van der Waals surface area contributed by atoms with Gasteiger partial charge in [-0.15, -0.1) is 11.3 Å². The first-order valence-corrected chi connectivity index (χ1v) is 7.04. The zero-order valence-electron chi connectivity index (χ0n) is 10.1. The normalized spacial score (nSPS) is 16.9. The lowest BCUT2D eigenvalue weighted by Crippen LogP contribution is -2.26. The molecule has 1 saturated heterocycles. The minimum Gasteiger partial charge on any atom is -0.384 e. The summed E-state index contributed by atoms with van der Waals surface area (Å²) in [7, 11) is 0. The van der Waals surface area contributed by atoms with Crippen LogP contribution in [0.5, 0.6) is 0 Å². The summed E-state index contributed by atoms with van der Waals surface area (Å²) in [5.74, 6) is 1.16. The van der Waals surface area contributed by atoms with Crippen molar-refractivity contribution in [3.8, 4) is 10.6 Å². The minimum atomic E-state index is 0.560. The predicted octanol–water partition coefficient (Wildman–Crippen LogP) is 2.25. The first-order valence-electron chi connectivity index (χ1n) is 6.22. The maximum Gasteiger partial charge on any atom is 0.124 e. The highest BCUT2D eigenvalue weighted by Crippen LogP contribution is 2.33. The van der Waals surface area contributed by atoms with Crippen molar-refractivity contribution < 1.29 is 0 Å². The lowest BCUT2D eigenvalue weighted by atomic mass is 9.99. The van der Waals surface area contributed by atoms with Gasteiger partial charge in [-0.05, 0) is 38.1 Å². The van der Waals surface area contributed by atoms with E-state index in [2.05, 4.69) is 15.3 Å². The van der Waals surface area contributed by atoms with Crippen LogP contribution < -0.4 is 11.1 Å². The largest absolute Gasteiger partial charge is 0.384 e. The van der Waals surface area contributed by atoms with Crippen molar-refractivity contribution in [2.24, 2.45) is 0 Å². The Kier molecular flexibility index (Phi) is 3.25. The highest BCUT2D eigenvalue weighted by molar-refractivity contribution is 7.15. The molecule has 0 amide bonds. The third kappa shape index (κ3) is 2.37. The average Bonchev–Trinajstić information content (AvgIpc) is 2.89. The molecule has 5 heteroatoms. The number of nitrogen functional groups attached to an aromatic ring is 1. The second-order valence-corrected chi connectivity index (χ2v) is 5.60. The predicted molar refractivity (Wildman–Crippen MR) is 74.6 cm³/mol. The molecular formula is C13H16N4S. The summed E-state index contributed by atoms with van der Waals surface area (Å²) in [5, 5.41) is 4.61. The van der Waals surface area contributed by atoms with E-state index in [1.54, 1.807) is 17.4 Å². The van der Waals surface area contributed by atoms with Gasteiger partial charge in [0, 0.05) is 12.1 Å². The van der Waals surface area contributed by atoms with Crippen molar-refractivity contribution in [2.45, 2.75) is 18.8 Å². The molecule has 0 atom stereocenters. The fourth-order valence-electron chi connectivity index (χ4n) is 2.25. The van der Waals surface area contributed by atoms with E-state index in [1.165, 1.54) is 17.8 Å². The summed E-state index contributed by atoms with van der Waals surface area (Å²) in [6.45, 7) is 2.19. The molecule has 1 fully saturated rings. The van der Waals surface area contributed by atoms with Crippen molar-refractivity contribution in [1.29, 1.82) is 0 Å². The van der Waals surface area contributed by atoms with Gasteiger partial charge in [-0.25, -0.2) is 9.97 Å². The van der Waals surface area contributed by atoms with Crippen LogP contribution in [0, 0.1) is 0 Å². The van der Waals surface area contributed by atoms with E-state index in [-0.39, 0.29) is 0 Å². The molecule has 0 spiro atoms. The Hall–Kier alpha value is -1.46. The number of aromatic nitrogens is 2. The molecule has 2 aromatic rings. The van der Waals surface area contributed by atoms with E-state index in [1.807, 2.05) is 18.3 Å². The quantitative estimate of drug-likeness (QED) is 0.869. The van der Waals surface area contributed by atoms with Crippen molar-refractivity contribution in [2.75, 3.05) is 18.8 Å². The van der Waals surface area contributed by atoms with Crippen LogP contribution in [0.15, 0.2) is 24.4 Å². The zero-order chi connectivity index (χ0) is 12.4. The summed E-state index contributed by atoms with van der Waals surface area (Å²) in [6.07, 6.45) is 4.28. The molecule has 1 aliphatic heterocycles. The number of anilines is 1. The highest BCUT2D eigenvalue weighted by Gasteiger charge is 2.18. The van der Waals surface area contributed by atoms with Gasteiger partial charge in [-0.3, -0.25) is 0 Å². The second kappa shape index (κ2) is 5.04. The first-order chi connectivity index (χ1) is 8.83. The number of pyridine rings is 1. The number of thiazole rings is 1. The summed E-state index contributed by atoms with van der Waals surface area (Å²) >= 11 is 1.74. The van der Waals surface area contributed by atoms with Crippen LogP contribution in [0.25, 0.3) is 10.6 Å². The molecule has 0 aromatic carbocycles. The van der Waals surface area contributed by atoms with E-state index in [0.717, 1.165) is 23.7 Å². The van der Waals surface area contributed by atoms with Crippen LogP contribution in [0.1, 0.15) is 23.8 Å². The molecule has 0 unspecified atom stereocenters. The van der Waals surface area contributed by atoms with E-state index in [0.29, 0.717) is 11.7 Å². The van der Waals surface area contributed by atoms with Crippen molar-refractivity contribution in [1.82, 2.24) is 15.3 Å². The molecule has 18 heavy (non-hydrogen) atoms. The Morgan fingerprint density at radius 3 is 2.89 bits per heavy atom. The first kappa shape index (κ1) is 11.6. The summed E-state index contributed by atoms with van der Waals surface area (Å²) in [6, 6.07) is 5.72. The van der Waals surface area contributed by atoms with E-state index < -0.39 is 0 Å². The van der Waals surface area contributed by atoms with Crippen molar-refractivity contribution in [3.05, 3.63) is 29.4 Å². The standard InChI is InChI=1S/C13H16N4S/c14-12-3-1-2-10(17-12)11-8-16-13(18-11)9-4-6-15-7-5-9/h1-3,8-9,15H,4-7H2,(H2,14,17). The van der Waals surface area contributed by atoms with Crippen LogP contribution in [0.3, 0.4) is 0 Å². The summed E-state index contributed by atoms with van der Waals surface area (Å²) in [5.41, 5.74) is 6.63. The topological polar surface area (TPSA) is 63.8 Å². The summed E-state index contributed by atoms with van der Waals surface area (Å²) in [4.78, 5) is 10.0. The van der Waals surface area contributed by atoms with Gasteiger partial charge in [-0.1, -0.05) is 6.07 Å². The number of nitrogens with two attached hydrogens (primary N) is 1. The van der Waals surface area contributed by atoms with Gasteiger partial charge in [0.25, 0.3) is 0 Å². The summed E-state index contributed by atoms with van der Waals surface area (Å²) < 4.78 is 0. The SMILES string of the molecule is Nc1cccc(-c2cnc(C3CCNCC3)s2)n1. The van der Waals surface area contributed by atoms with Gasteiger partial charge in [0.1, 0.15) is 5.82 Å². The number of piperidine rings is 1. The number of nitrogens with one attached hydrogen (secondary N) is 1. The Bertz CT molecular complexity index is 531. The second-order valence-electron chi connectivity index (χ2n) is 4.53. The van der Waals surface area contributed by atoms with Gasteiger partial charge < -0.3 is 11.1 Å². The molecular weight excluding hydrogens is 244 g/mol. The molecule has 0 aliphatic carbocycles. The van der Waals surface area contributed by atoms with E-state index >= 15 is 0 Å². The minimum absolute atomic E-state index is 0.560. The molecule has 3 heterocycles. The molecule has 4 nitrogen and oxygen atoms in total. The van der Waals surface area contributed by atoms with Crippen LogP contribution in [0.4, 0.5) is 5.82 Å². The Morgan fingerprint density at radius 2 is 2.11 bits per heavy atom. The number of rotatable bonds is 2. The van der Waals surface area contributed by atoms with Gasteiger partial charge >= 0.3 is 0 Å². The zero-order valence-corrected chi connectivity index (χ0v) is 10.9. The molecule has 3 N–H and O–H groups in total. The fourth-order valence-corrected chi connectivity index (χ4v) is 3.31. The number of nitrogens with zero attached hydrogens (tertiary/aromatic N) is 2. The maximum atomic E-state index is 5.71. The smallest absolute Gasteiger partial charge is 0.124 e. The number of hydrogen-bond donors (Lipinski definition) is 2. The third-order valence-corrected chi connectivity index (χ3v) is 4.42. The lowest BCUT2D eigenvalue weighted by Gasteiger charge is -2.20. The van der Waals surface area contributed by atoms with Gasteiger partial charge in [0.15, 0.2) is 0 Å². The third-order valence-electron chi connectivity index (χ3n) is 3.24. The average molecular weight is 260 g/mol. The maximum absolute atomic E-state index is 5.71. The molecule has 1 aliphatic rings. The Balaban J connectivity index is 1.84. The highest BCUT2D eigenvalue weighted by atomic mass is 32.1. The van der Waals surface area contributed by atoms with E-state index in [9.17, 15) is 0 Å². The monoisotopic (exact) mass is 260 g/mol. The molecule has 94 valence electrons. The molecule has 0 bridgehead atoms. The van der Waals surface area contributed by atoms with Gasteiger partial charge in [0.05, 0.1) is 15.6 Å². The molecule has 3 rings (SSSR count). The van der Waals surface area contributed by atoms with Crippen LogP contribution in [-0.2, 0) is 0 Å². The van der Waals surface area contributed by atoms with Gasteiger partial charge in [0.2, 0.25) is 0 Å². The van der Waals surface area contributed by atoms with Crippen LogP contribution in [-0.4, -0.2) is 23.1 Å². The van der Waals surface area contributed by atoms with Crippen molar-refractivity contribution in [3.63, 3.8) is 0 Å². The Labute approximate surface area is 110 Å². The van der Waals surface area contributed by atoms with Crippen LogP contribution in [0.2, 0.25) is 0 Å². The van der Waals surface area contributed by atoms with Crippen molar-refractivity contribution >= 4 is 17.2 Å². The molecule has 2 aromatic heterocycles. The fraction of sp³-hybridized carbons (Fsp3) is 0.385. The van der Waals surface area contributed by atoms with Gasteiger partial charge in [-0.2, -0.15) is 0 Å². The lowest BCUT2D eigenvalue weighted by molar-refractivity contribution is 0.459. The molecule has 0 saturated carbocycles. The Morgan fingerprint density at radius 1 is 1.28 bits per heavy atom. The number of hydrogen-bond acceptors (Lipinski definition) is 5.